The molecule has 7 heteroatoms. The summed E-state index contributed by atoms with van der Waals surface area (Å²) < 4.78 is 6.77. The molecule has 0 atom stereocenters. The third kappa shape index (κ3) is 4.37. The highest BCUT2D eigenvalue weighted by molar-refractivity contribution is 6.03. The molecule has 0 aliphatic rings. The Hall–Kier alpha value is -3.61. The number of ether oxygens (including phenoxy) is 1. The summed E-state index contributed by atoms with van der Waals surface area (Å²) in [6, 6.07) is 14.4. The van der Waals surface area contributed by atoms with Crippen LogP contribution in [0.5, 0.6) is 5.75 Å². The second-order valence-electron chi connectivity index (χ2n) is 6.23. The number of methoxy groups -OCH3 is 1. The Bertz CT molecular complexity index is 993. The first-order valence-corrected chi connectivity index (χ1v) is 8.92. The number of hydrogen-bond acceptors (Lipinski definition) is 4. The number of carbonyl (C=O) groups excluding carboxylic acids is 2. The minimum atomic E-state index is -0.325. The lowest BCUT2D eigenvalue weighted by Crippen LogP contribution is -2.15. The van der Waals surface area contributed by atoms with Crippen molar-refractivity contribution in [2.75, 3.05) is 17.7 Å². The monoisotopic (exact) mass is 378 g/mol. The molecule has 3 rings (SSSR count). The van der Waals surface area contributed by atoms with Crippen LogP contribution in [0.3, 0.4) is 0 Å². The van der Waals surface area contributed by atoms with Gasteiger partial charge in [-0.1, -0.05) is 13.0 Å². The number of amides is 2. The lowest BCUT2D eigenvalue weighted by Gasteiger charge is -2.10. The largest absolute Gasteiger partial charge is 0.497 e. The summed E-state index contributed by atoms with van der Waals surface area (Å²) >= 11 is 0. The Balaban J connectivity index is 1.75. The number of nitrogens with zero attached hydrogens (tertiary/aromatic N) is 2. The van der Waals surface area contributed by atoms with E-state index in [-0.39, 0.29) is 11.8 Å². The Labute approximate surface area is 163 Å². The fraction of sp³-hybridized carbons (Fsp3) is 0.190. The molecule has 0 aliphatic carbocycles. The maximum Gasteiger partial charge on any atom is 0.276 e. The Morgan fingerprint density at radius 3 is 2.50 bits per heavy atom. The maximum absolute atomic E-state index is 12.6. The molecule has 1 aromatic heterocycles. The van der Waals surface area contributed by atoms with Crippen molar-refractivity contribution in [2.45, 2.75) is 20.3 Å². The summed E-state index contributed by atoms with van der Waals surface area (Å²) in [6.45, 7) is 3.67. The molecule has 2 amide bonds. The molecule has 0 radical (unpaired) electrons. The van der Waals surface area contributed by atoms with Gasteiger partial charge in [0.1, 0.15) is 5.75 Å². The summed E-state index contributed by atoms with van der Waals surface area (Å²) in [6.07, 6.45) is 2.11. The van der Waals surface area contributed by atoms with Crippen molar-refractivity contribution in [3.05, 3.63) is 66.0 Å². The van der Waals surface area contributed by atoms with Crippen LogP contribution >= 0.6 is 0 Å². The van der Waals surface area contributed by atoms with Gasteiger partial charge in [0.05, 0.1) is 12.8 Å². The quantitative estimate of drug-likeness (QED) is 0.683. The van der Waals surface area contributed by atoms with E-state index in [1.54, 1.807) is 43.1 Å². The summed E-state index contributed by atoms with van der Waals surface area (Å²) in [4.78, 5) is 24.2. The molecule has 0 bridgehead atoms. The van der Waals surface area contributed by atoms with Crippen molar-refractivity contribution >= 4 is 23.2 Å². The van der Waals surface area contributed by atoms with Gasteiger partial charge in [0.2, 0.25) is 5.91 Å². The first-order valence-electron chi connectivity index (χ1n) is 8.92. The number of aromatic nitrogens is 2. The van der Waals surface area contributed by atoms with Gasteiger partial charge >= 0.3 is 0 Å². The van der Waals surface area contributed by atoms with E-state index < -0.39 is 0 Å². The van der Waals surface area contributed by atoms with E-state index in [1.807, 2.05) is 37.3 Å². The van der Waals surface area contributed by atoms with Crippen molar-refractivity contribution in [1.29, 1.82) is 0 Å². The molecule has 28 heavy (non-hydrogen) atoms. The van der Waals surface area contributed by atoms with Gasteiger partial charge in [-0.2, -0.15) is 5.10 Å². The highest BCUT2D eigenvalue weighted by Gasteiger charge is 2.13. The Kier molecular flexibility index (Phi) is 5.74. The van der Waals surface area contributed by atoms with Crippen LogP contribution in [0.2, 0.25) is 0 Å². The summed E-state index contributed by atoms with van der Waals surface area (Å²) in [7, 11) is 1.61. The lowest BCUT2D eigenvalue weighted by molar-refractivity contribution is -0.115. The number of anilines is 2. The summed E-state index contributed by atoms with van der Waals surface area (Å²) in [5, 5.41) is 9.98. The van der Waals surface area contributed by atoms with Crippen molar-refractivity contribution in [3.63, 3.8) is 0 Å². The van der Waals surface area contributed by atoms with Crippen LogP contribution in [0.4, 0.5) is 11.4 Å². The van der Waals surface area contributed by atoms with Gasteiger partial charge in [-0.25, -0.2) is 4.68 Å². The van der Waals surface area contributed by atoms with E-state index in [4.69, 9.17) is 4.74 Å². The number of aryl methyl sites for hydroxylation is 1. The van der Waals surface area contributed by atoms with Gasteiger partial charge in [-0.05, 0) is 55.0 Å². The first-order chi connectivity index (χ1) is 13.5. The molecule has 144 valence electrons. The van der Waals surface area contributed by atoms with E-state index in [2.05, 4.69) is 15.7 Å². The van der Waals surface area contributed by atoms with E-state index in [0.717, 1.165) is 17.0 Å². The summed E-state index contributed by atoms with van der Waals surface area (Å²) in [5.74, 6) is 0.341. The van der Waals surface area contributed by atoms with Gasteiger partial charge in [0.25, 0.3) is 5.91 Å². The second kappa shape index (κ2) is 8.39. The van der Waals surface area contributed by atoms with E-state index in [9.17, 15) is 9.59 Å². The molecule has 1 heterocycles. The molecule has 2 aromatic carbocycles. The molecule has 3 aromatic rings. The summed E-state index contributed by atoms with van der Waals surface area (Å²) in [5.41, 5.74) is 3.25. The molecule has 0 saturated heterocycles. The first kappa shape index (κ1) is 19.2. The normalized spacial score (nSPS) is 10.4. The fourth-order valence-electron chi connectivity index (χ4n) is 2.59. The van der Waals surface area contributed by atoms with Crippen LogP contribution in [0.15, 0.2) is 54.7 Å². The fourth-order valence-corrected chi connectivity index (χ4v) is 2.59. The standard InChI is InChI=1S/C21H22N4O3/c1-4-20(26)22-15-6-5-14(2)19(13-15)23-21(27)18-11-12-25(24-18)16-7-9-17(28-3)10-8-16/h5-13H,4H2,1-3H3,(H,22,26)(H,23,27). The molecule has 0 saturated carbocycles. The van der Waals surface area contributed by atoms with Gasteiger partial charge in [-0.3, -0.25) is 9.59 Å². The zero-order valence-electron chi connectivity index (χ0n) is 16.0. The van der Waals surface area contributed by atoms with Crippen LogP contribution in [0, 0.1) is 6.92 Å². The average Bonchev–Trinajstić information content (AvgIpc) is 3.21. The number of carbonyl (C=O) groups is 2. The zero-order chi connectivity index (χ0) is 20.1. The van der Waals surface area contributed by atoms with Crippen molar-refractivity contribution in [2.24, 2.45) is 0 Å². The van der Waals surface area contributed by atoms with E-state index in [1.165, 1.54) is 0 Å². The third-order valence-electron chi connectivity index (χ3n) is 4.25. The predicted molar refractivity (Wildman–Crippen MR) is 108 cm³/mol. The van der Waals surface area contributed by atoms with Crippen LogP contribution in [-0.2, 0) is 4.79 Å². The molecule has 0 spiro atoms. The van der Waals surface area contributed by atoms with Gasteiger partial charge in [0, 0.05) is 24.0 Å². The van der Waals surface area contributed by atoms with Gasteiger partial charge < -0.3 is 15.4 Å². The SMILES string of the molecule is CCC(=O)Nc1ccc(C)c(NC(=O)c2ccn(-c3ccc(OC)cc3)n2)c1. The van der Waals surface area contributed by atoms with Crippen molar-refractivity contribution < 1.29 is 14.3 Å². The average molecular weight is 378 g/mol. The number of benzene rings is 2. The number of rotatable bonds is 6. The van der Waals surface area contributed by atoms with Gasteiger partial charge in [-0.15, -0.1) is 0 Å². The minimum Gasteiger partial charge on any atom is -0.497 e. The molecular weight excluding hydrogens is 356 g/mol. The molecule has 0 fully saturated rings. The molecular formula is C21H22N4O3. The topological polar surface area (TPSA) is 85.2 Å². The molecule has 2 N–H and O–H groups in total. The van der Waals surface area contributed by atoms with Crippen LogP contribution < -0.4 is 15.4 Å². The lowest BCUT2D eigenvalue weighted by atomic mass is 10.1. The number of nitrogens with one attached hydrogen (secondary N) is 2. The second-order valence-corrected chi connectivity index (χ2v) is 6.23. The molecule has 0 unspecified atom stereocenters. The van der Waals surface area contributed by atoms with E-state index in [0.29, 0.717) is 23.5 Å². The van der Waals surface area contributed by atoms with Gasteiger partial charge in [0.15, 0.2) is 5.69 Å². The highest BCUT2D eigenvalue weighted by Crippen LogP contribution is 2.21. The minimum absolute atomic E-state index is 0.0839. The predicted octanol–water partition coefficient (Wildman–Crippen LogP) is 3.79. The van der Waals surface area contributed by atoms with Crippen LogP contribution in [0.1, 0.15) is 29.4 Å². The smallest absolute Gasteiger partial charge is 0.276 e. The maximum atomic E-state index is 12.6. The van der Waals surface area contributed by atoms with Crippen LogP contribution in [-0.4, -0.2) is 28.7 Å². The number of hydrogen-bond donors (Lipinski definition) is 2. The Morgan fingerprint density at radius 1 is 1.07 bits per heavy atom. The Morgan fingerprint density at radius 2 is 1.82 bits per heavy atom. The van der Waals surface area contributed by atoms with Crippen molar-refractivity contribution in [1.82, 2.24) is 9.78 Å². The molecule has 0 aliphatic heterocycles. The third-order valence-corrected chi connectivity index (χ3v) is 4.25. The van der Waals surface area contributed by atoms with Crippen LogP contribution in [0.25, 0.3) is 5.69 Å². The zero-order valence-corrected chi connectivity index (χ0v) is 16.0. The highest BCUT2D eigenvalue weighted by atomic mass is 16.5. The molecule has 7 nitrogen and oxygen atoms in total. The van der Waals surface area contributed by atoms with Crippen molar-refractivity contribution in [3.8, 4) is 11.4 Å². The van der Waals surface area contributed by atoms with E-state index >= 15 is 0 Å².